The van der Waals surface area contributed by atoms with Crippen molar-refractivity contribution < 1.29 is 9.32 Å². The molecule has 150 valence electrons. The number of nitrogens with zero attached hydrogens (tertiary/aromatic N) is 2. The normalized spacial score (nSPS) is 10.8. The van der Waals surface area contributed by atoms with Crippen molar-refractivity contribution in [1.29, 1.82) is 0 Å². The van der Waals surface area contributed by atoms with Gasteiger partial charge < -0.3 is 9.84 Å². The highest BCUT2D eigenvalue weighted by Gasteiger charge is 2.16. The summed E-state index contributed by atoms with van der Waals surface area (Å²) in [6, 6.07) is 30.9. The molecule has 1 N–H and O–H groups in total. The first kappa shape index (κ1) is 18.8. The molecule has 4 aromatic carbocycles. The van der Waals surface area contributed by atoms with Crippen LogP contribution in [0.15, 0.2) is 102 Å². The topological polar surface area (TPSA) is 68.0 Å². The molecule has 0 spiro atoms. The highest BCUT2D eigenvalue weighted by Crippen LogP contribution is 2.28. The first-order valence-corrected chi connectivity index (χ1v) is 10.0. The Hall–Kier alpha value is -4.25. The summed E-state index contributed by atoms with van der Waals surface area (Å²) in [6.45, 7) is 0. The van der Waals surface area contributed by atoms with Gasteiger partial charge >= 0.3 is 0 Å². The van der Waals surface area contributed by atoms with Gasteiger partial charge in [-0.1, -0.05) is 84.0 Å². The third-order valence-corrected chi connectivity index (χ3v) is 5.11. The molecule has 31 heavy (non-hydrogen) atoms. The van der Waals surface area contributed by atoms with Crippen LogP contribution in [-0.4, -0.2) is 16.0 Å². The Morgan fingerprint density at radius 3 is 2.45 bits per heavy atom. The van der Waals surface area contributed by atoms with Crippen LogP contribution >= 0.6 is 0 Å². The number of hydrogen-bond acceptors (Lipinski definition) is 4. The molecular weight excluding hydrogens is 386 g/mol. The smallest absolute Gasteiger partial charge is 0.260 e. The van der Waals surface area contributed by atoms with Crippen LogP contribution < -0.4 is 5.32 Å². The summed E-state index contributed by atoms with van der Waals surface area (Å²) in [5, 5.41) is 9.04. The number of benzene rings is 4. The number of anilines is 1. The van der Waals surface area contributed by atoms with Crippen LogP contribution in [-0.2, 0) is 6.42 Å². The van der Waals surface area contributed by atoms with Gasteiger partial charge in [0.05, 0.1) is 11.3 Å². The van der Waals surface area contributed by atoms with Gasteiger partial charge in [-0.05, 0) is 34.5 Å². The van der Waals surface area contributed by atoms with Gasteiger partial charge in [-0.15, -0.1) is 0 Å². The molecule has 0 aliphatic rings. The van der Waals surface area contributed by atoms with Gasteiger partial charge in [0.25, 0.3) is 11.8 Å². The molecule has 5 aromatic rings. The van der Waals surface area contributed by atoms with E-state index in [-0.39, 0.29) is 5.91 Å². The van der Waals surface area contributed by atoms with Crippen molar-refractivity contribution >= 4 is 22.4 Å². The van der Waals surface area contributed by atoms with E-state index in [9.17, 15) is 4.79 Å². The highest BCUT2D eigenvalue weighted by molar-refractivity contribution is 6.13. The summed E-state index contributed by atoms with van der Waals surface area (Å²) in [5.74, 6) is 0.782. The van der Waals surface area contributed by atoms with E-state index in [2.05, 4.69) is 15.5 Å². The summed E-state index contributed by atoms with van der Waals surface area (Å²) in [4.78, 5) is 17.6. The van der Waals surface area contributed by atoms with E-state index in [1.807, 2.05) is 97.1 Å². The zero-order valence-corrected chi connectivity index (χ0v) is 16.7. The van der Waals surface area contributed by atoms with Crippen molar-refractivity contribution in [3.8, 4) is 11.5 Å². The van der Waals surface area contributed by atoms with Gasteiger partial charge in [0.1, 0.15) is 0 Å². The predicted octanol–water partition coefficient (Wildman–Crippen LogP) is 5.73. The summed E-state index contributed by atoms with van der Waals surface area (Å²) in [5.41, 5.74) is 3.02. The van der Waals surface area contributed by atoms with Crippen molar-refractivity contribution in [1.82, 2.24) is 10.1 Å². The van der Waals surface area contributed by atoms with Crippen LogP contribution in [0.1, 0.15) is 21.7 Å². The fourth-order valence-corrected chi connectivity index (χ4v) is 3.61. The molecule has 0 aliphatic carbocycles. The summed E-state index contributed by atoms with van der Waals surface area (Å²) >= 11 is 0. The van der Waals surface area contributed by atoms with Crippen LogP contribution in [0.5, 0.6) is 0 Å². The monoisotopic (exact) mass is 405 g/mol. The number of aromatic nitrogens is 2. The predicted molar refractivity (Wildman–Crippen MR) is 121 cm³/mol. The lowest BCUT2D eigenvalue weighted by Gasteiger charge is -2.10. The van der Waals surface area contributed by atoms with Crippen molar-refractivity contribution in [2.24, 2.45) is 0 Å². The Morgan fingerprint density at radius 1 is 0.806 bits per heavy atom. The average molecular weight is 405 g/mol. The summed E-state index contributed by atoms with van der Waals surface area (Å²) in [7, 11) is 0. The lowest BCUT2D eigenvalue weighted by atomic mass is 10.0. The molecule has 0 atom stereocenters. The lowest BCUT2D eigenvalue weighted by Crippen LogP contribution is -2.13. The van der Waals surface area contributed by atoms with Gasteiger partial charge in [-0.25, -0.2) is 0 Å². The molecule has 0 aliphatic heterocycles. The van der Waals surface area contributed by atoms with Crippen LogP contribution in [0.25, 0.3) is 22.2 Å². The number of carbonyl (C=O) groups is 1. The number of amides is 1. The molecule has 1 amide bonds. The maximum Gasteiger partial charge on any atom is 0.260 e. The molecule has 0 bridgehead atoms. The zero-order valence-electron chi connectivity index (χ0n) is 16.7. The molecule has 5 heteroatoms. The van der Waals surface area contributed by atoms with Crippen LogP contribution in [0.3, 0.4) is 0 Å². The standard InChI is InChI=1S/C26H19N3O2/c30-25(21-15-8-12-19-11-4-5-13-20(19)21)27-23-16-7-6-14-22(23)26-28-24(29-31-26)17-18-9-2-1-3-10-18/h1-16H,17H2,(H,27,30). The molecule has 5 rings (SSSR count). The van der Waals surface area contributed by atoms with Gasteiger partial charge in [0, 0.05) is 12.0 Å². The number of rotatable bonds is 5. The molecule has 0 radical (unpaired) electrons. The van der Waals surface area contributed by atoms with E-state index in [0.717, 1.165) is 16.3 Å². The van der Waals surface area contributed by atoms with Crippen molar-refractivity contribution in [2.75, 3.05) is 5.32 Å². The molecular formula is C26H19N3O2. The maximum absolute atomic E-state index is 13.1. The minimum absolute atomic E-state index is 0.187. The molecule has 5 nitrogen and oxygen atoms in total. The van der Waals surface area contributed by atoms with E-state index >= 15 is 0 Å². The van der Waals surface area contributed by atoms with E-state index in [0.29, 0.717) is 35.0 Å². The van der Waals surface area contributed by atoms with E-state index < -0.39 is 0 Å². The number of para-hydroxylation sites is 1. The van der Waals surface area contributed by atoms with Crippen LogP contribution in [0.2, 0.25) is 0 Å². The number of nitrogens with one attached hydrogen (secondary N) is 1. The second-order valence-corrected chi connectivity index (χ2v) is 7.20. The largest absolute Gasteiger partial charge is 0.334 e. The second-order valence-electron chi connectivity index (χ2n) is 7.20. The van der Waals surface area contributed by atoms with Crippen molar-refractivity contribution in [2.45, 2.75) is 6.42 Å². The molecule has 0 fully saturated rings. The number of fused-ring (bicyclic) bond motifs is 1. The summed E-state index contributed by atoms with van der Waals surface area (Å²) < 4.78 is 5.51. The number of carbonyl (C=O) groups excluding carboxylic acids is 1. The quantitative estimate of drug-likeness (QED) is 0.405. The number of hydrogen-bond donors (Lipinski definition) is 1. The Labute approximate surface area is 179 Å². The first-order valence-electron chi connectivity index (χ1n) is 10.0. The first-order chi connectivity index (χ1) is 15.3. The van der Waals surface area contributed by atoms with Gasteiger partial charge in [-0.3, -0.25) is 4.79 Å². The Kier molecular flexibility index (Phi) is 4.99. The van der Waals surface area contributed by atoms with Crippen LogP contribution in [0, 0.1) is 0 Å². The minimum atomic E-state index is -0.187. The third kappa shape index (κ3) is 3.94. The minimum Gasteiger partial charge on any atom is -0.334 e. The SMILES string of the molecule is O=C(Nc1ccccc1-c1nc(Cc2ccccc2)no1)c1cccc2ccccc12. The Bertz CT molecular complexity index is 1350. The third-order valence-electron chi connectivity index (χ3n) is 5.11. The Balaban J connectivity index is 1.43. The molecule has 1 aromatic heterocycles. The van der Waals surface area contributed by atoms with Gasteiger partial charge in [-0.2, -0.15) is 4.98 Å². The lowest BCUT2D eigenvalue weighted by molar-refractivity contribution is 0.102. The zero-order chi connectivity index (χ0) is 21.0. The van der Waals surface area contributed by atoms with Crippen molar-refractivity contribution in [3.05, 3.63) is 114 Å². The van der Waals surface area contributed by atoms with E-state index in [1.54, 1.807) is 0 Å². The molecule has 1 heterocycles. The fourth-order valence-electron chi connectivity index (χ4n) is 3.61. The van der Waals surface area contributed by atoms with Gasteiger partial charge in [0.2, 0.25) is 0 Å². The highest BCUT2D eigenvalue weighted by atomic mass is 16.5. The second kappa shape index (κ2) is 8.24. The molecule has 0 saturated carbocycles. The molecule has 0 saturated heterocycles. The summed E-state index contributed by atoms with van der Waals surface area (Å²) in [6.07, 6.45) is 0.578. The molecule has 0 unspecified atom stereocenters. The van der Waals surface area contributed by atoms with Crippen molar-refractivity contribution in [3.63, 3.8) is 0 Å². The van der Waals surface area contributed by atoms with E-state index in [1.165, 1.54) is 0 Å². The van der Waals surface area contributed by atoms with Crippen LogP contribution in [0.4, 0.5) is 5.69 Å². The van der Waals surface area contributed by atoms with Gasteiger partial charge in [0.15, 0.2) is 5.82 Å². The fraction of sp³-hybridized carbons (Fsp3) is 0.0385. The van der Waals surface area contributed by atoms with E-state index in [4.69, 9.17) is 4.52 Å². The Morgan fingerprint density at radius 2 is 1.55 bits per heavy atom. The average Bonchev–Trinajstić information content (AvgIpc) is 3.28. The maximum atomic E-state index is 13.1.